The Morgan fingerprint density at radius 1 is 1.32 bits per heavy atom. The highest BCUT2D eigenvalue weighted by Gasteiger charge is 2.34. The lowest BCUT2D eigenvalue weighted by Gasteiger charge is -2.27. The number of likely N-dealkylation sites (tertiary alicyclic amines) is 1. The van der Waals surface area contributed by atoms with E-state index in [9.17, 15) is 4.79 Å². The Hall–Kier alpha value is -1.34. The Morgan fingerprint density at radius 2 is 2.00 bits per heavy atom. The summed E-state index contributed by atoms with van der Waals surface area (Å²) in [7, 11) is 0. The SMILES string of the molecule is Br.CC(C)(C)OC(=O)N1CCC[C@H]1c1nc(-c2ccc(Br)cc2)c[nH]1. The number of nitrogens with zero attached hydrogens (tertiary/aromatic N) is 2. The largest absolute Gasteiger partial charge is 0.444 e. The van der Waals surface area contributed by atoms with Crippen molar-refractivity contribution in [2.24, 2.45) is 0 Å². The summed E-state index contributed by atoms with van der Waals surface area (Å²) in [4.78, 5) is 22.1. The highest BCUT2D eigenvalue weighted by atomic mass is 79.9. The molecule has 0 unspecified atom stereocenters. The summed E-state index contributed by atoms with van der Waals surface area (Å²) in [6.45, 7) is 6.35. The van der Waals surface area contributed by atoms with Crippen molar-refractivity contribution in [3.63, 3.8) is 0 Å². The molecule has 25 heavy (non-hydrogen) atoms. The van der Waals surface area contributed by atoms with Gasteiger partial charge in [-0.3, -0.25) is 4.90 Å². The Bertz CT molecular complexity index is 723. The molecule has 0 saturated carbocycles. The van der Waals surface area contributed by atoms with Crippen LogP contribution in [0.1, 0.15) is 45.5 Å². The lowest BCUT2D eigenvalue weighted by atomic mass is 10.2. The minimum absolute atomic E-state index is 0. The molecule has 5 nitrogen and oxygen atoms in total. The number of rotatable bonds is 2. The van der Waals surface area contributed by atoms with Crippen LogP contribution in [-0.2, 0) is 4.74 Å². The molecule has 1 saturated heterocycles. The summed E-state index contributed by atoms with van der Waals surface area (Å²) < 4.78 is 6.55. The third-order valence-electron chi connectivity index (χ3n) is 3.93. The maximum Gasteiger partial charge on any atom is 0.410 e. The molecule has 7 heteroatoms. The molecule has 1 N–H and O–H groups in total. The van der Waals surface area contributed by atoms with Gasteiger partial charge in [-0.15, -0.1) is 17.0 Å². The van der Waals surface area contributed by atoms with Crippen molar-refractivity contribution in [3.05, 3.63) is 40.8 Å². The zero-order valence-electron chi connectivity index (χ0n) is 14.6. The molecule has 0 bridgehead atoms. The van der Waals surface area contributed by atoms with Crippen molar-refractivity contribution >= 4 is 39.0 Å². The first-order chi connectivity index (χ1) is 11.3. The molecule has 1 atom stereocenters. The minimum Gasteiger partial charge on any atom is -0.444 e. The van der Waals surface area contributed by atoms with Crippen LogP contribution in [0.15, 0.2) is 34.9 Å². The lowest BCUT2D eigenvalue weighted by molar-refractivity contribution is 0.0219. The standard InChI is InChI=1S/C18H22BrN3O2.BrH/c1-18(2,3)24-17(23)22-10-4-5-15(22)16-20-11-14(21-16)12-6-8-13(19)9-7-12;/h6-9,11,15H,4-5,10H2,1-3H3,(H,20,21);1H/t15-;/m0./s1. The fourth-order valence-corrected chi connectivity index (χ4v) is 3.13. The van der Waals surface area contributed by atoms with E-state index in [2.05, 4.69) is 20.9 Å². The van der Waals surface area contributed by atoms with Crippen molar-refractivity contribution in [1.29, 1.82) is 0 Å². The highest BCUT2D eigenvalue weighted by Crippen LogP contribution is 2.32. The van der Waals surface area contributed by atoms with Gasteiger partial charge in [0.2, 0.25) is 0 Å². The van der Waals surface area contributed by atoms with Crippen LogP contribution in [0.3, 0.4) is 0 Å². The third-order valence-corrected chi connectivity index (χ3v) is 4.46. The number of carbonyl (C=O) groups is 1. The molecule has 1 aromatic heterocycles. The van der Waals surface area contributed by atoms with Gasteiger partial charge in [-0.05, 0) is 45.7 Å². The van der Waals surface area contributed by atoms with Gasteiger partial charge >= 0.3 is 6.09 Å². The van der Waals surface area contributed by atoms with E-state index in [1.54, 1.807) is 4.90 Å². The number of ether oxygens (including phenoxy) is 1. The number of aromatic nitrogens is 2. The van der Waals surface area contributed by atoms with Crippen LogP contribution >= 0.6 is 32.9 Å². The zero-order valence-corrected chi connectivity index (χ0v) is 17.9. The fourth-order valence-electron chi connectivity index (χ4n) is 2.87. The number of nitrogens with one attached hydrogen (secondary N) is 1. The van der Waals surface area contributed by atoms with E-state index in [1.165, 1.54) is 0 Å². The first kappa shape index (κ1) is 20.0. The minimum atomic E-state index is -0.490. The average molecular weight is 473 g/mol. The van der Waals surface area contributed by atoms with E-state index in [4.69, 9.17) is 9.72 Å². The number of H-pyrrole nitrogens is 1. The van der Waals surface area contributed by atoms with Gasteiger partial charge in [-0.1, -0.05) is 28.1 Å². The van der Waals surface area contributed by atoms with Gasteiger partial charge in [-0.25, -0.2) is 9.78 Å². The molecule has 136 valence electrons. The van der Waals surface area contributed by atoms with Crippen molar-refractivity contribution < 1.29 is 9.53 Å². The number of amides is 1. The van der Waals surface area contributed by atoms with Crippen LogP contribution in [0, 0.1) is 0 Å². The average Bonchev–Trinajstić information content (AvgIpc) is 3.15. The molecule has 1 fully saturated rings. The zero-order chi connectivity index (χ0) is 17.3. The van der Waals surface area contributed by atoms with Crippen LogP contribution in [0.25, 0.3) is 11.3 Å². The first-order valence-corrected chi connectivity index (χ1v) is 8.94. The van der Waals surface area contributed by atoms with Crippen LogP contribution in [0.4, 0.5) is 4.79 Å². The van der Waals surface area contributed by atoms with E-state index in [0.717, 1.165) is 34.4 Å². The maximum absolute atomic E-state index is 12.4. The van der Waals surface area contributed by atoms with Crippen LogP contribution in [0.5, 0.6) is 0 Å². The molecule has 2 aromatic rings. The molecule has 3 rings (SSSR count). The molecule has 0 spiro atoms. The van der Waals surface area contributed by atoms with Gasteiger partial charge in [-0.2, -0.15) is 0 Å². The second-order valence-corrected chi connectivity index (χ2v) is 7.93. The first-order valence-electron chi connectivity index (χ1n) is 8.14. The molecular weight excluding hydrogens is 450 g/mol. The van der Waals surface area contributed by atoms with Crippen LogP contribution in [-0.4, -0.2) is 33.1 Å². The van der Waals surface area contributed by atoms with Gasteiger partial charge < -0.3 is 9.72 Å². The van der Waals surface area contributed by atoms with Gasteiger partial charge in [0.05, 0.1) is 11.7 Å². The van der Waals surface area contributed by atoms with E-state index in [1.807, 2.05) is 51.2 Å². The predicted octanol–water partition coefficient (Wildman–Crippen LogP) is 5.49. The molecular formula is C18H23Br2N3O2. The second kappa shape index (κ2) is 7.91. The molecule has 1 aliphatic rings. The highest BCUT2D eigenvalue weighted by molar-refractivity contribution is 9.10. The van der Waals surface area contributed by atoms with E-state index < -0.39 is 5.60 Å². The van der Waals surface area contributed by atoms with Gasteiger partial charge in [0.15, 0.2) is 0 Å². The van der Waals surface area contributed by atoms with Gasteiger partial charge in [0.1, 0.15) is 11.4 Å². The molecule has 1 aromatic carbocycles. The van der Waals surface area contributed by atoms with Crippen LogP contribution in [0.2, 0.25) is 0 Å². The summed E-state index contributed by atoms with van der Waals surface area (Å²) in [6.07, 6.45) is 3.47. The Balaban J connectivity index is 0.00000225. The number of benzene rings is 1. The Kier molecular flexibility index (Phi) is 6.32. The topological polar surface area (TPSA) is 58.2 Å². The summed E-state index contributed by atoms with van der Waals surface area (Å²) in [5.74, 6) is 0.816. The normalized spacial score (nSPS) is 17.3. The number of carbonyl (C=O) groups excluding carboxylic acids is 1. The number of aromatic amines is 1. The van der Waals surface area contributed by atoms with E-state index in [0.29, 0.717) is 6.54 Å². The summed E-state index contributed by atoms with van der Waals surface area (Å²) in [5, 5.41) is 0. The van der Waals surface area contributed by atoms with Crippen molar-refractivity contribution in [2.45, 2.75) is 45.3 Å². The number of hydrogen-bond donors (Lipinski definition) is 1. The molecule has 2 heterocycles. The Labute approximate surface area is 167 Å². The summed E-state index contributed by atoms with van der Waals surface area (Å²) in [6, 6.07) is 7.97. The van der Waals surface area contributed by atoms with Crippen molar-refractivity contribution in [1.82, 2.24) is 14.9 Å². The molecule has 0 aliphatic carbocycles. The van der Waals surface area contributed by atoms with Crippen LogP contribution < -0.4 is 0 Å². The van der Waals surface area contributed by atoms with Crippen molar-refractivity contribution in [3.8, 4) is 11.3 Å². The number of imidazole rings is 1. The van der Waals surface area contributed by atoms with E-state index in [-0.39, 0.29) is 29.1 Å². The lowest BCUT2D eigenvalue weighted by Crippen LogP contribution is -2.36. The second-order valence-electron chi connectivity index (χ2n) is 7.01. The Morgan fingerprint density at radius 3 is 2.64 bits per heavy atom. The fraction of sp³-hybridized carbons (Fsp3) is 0.444. The monoisotopic (exact) mass is 471 g/mol. The number of hydrogen-bond acceptors (Lipinski definition) is 3. The van der Waals surface area contributed by atoms with E-state index >= 15 is 0 Å². The number of halogens is 2. The smallest absolute Gasteiger partial charge is 0.410 e. The maximum atomic E-state index is 12.4. The quantitative estimate of drug-likeness (QED) is 0.628. The van der Waals surface area contributed by atoms with Crippen molar-refractivity contribution in [2.75, 3.05) is 6.54 Å². The molecule has 1 amide bonds. The summed E-state index contributed by atoms with van der Waals surface area (Å²) in [5.41, 5.74) is 1.44. The predicted molar refractivity (Wildman–Crippen MR) is 107 cm³/mol. The molecule has 0 radical (unpaired) electrons. The molecule has 1 aliphatic heterocycles. The summed E-state index contributed by atoms with van der Waals surface area (Å²) >= 11 is 3.44. The van der Waals surface area contributed by atoms with Gasteiger partial charge in [0.25, 0.3) is 0 Å². The third kappa shape index (κ3) is 4.85. The van der Waals surface area contributed by atoms with Gasteiger partial charge in [0, 0.05) is 22.8 Å².